The number of thioether (sulfide) groups is 1. The summed E-state index contributed by atoms with van der Waals surface area (Å²) < 4.78 is 6.08. The van der Waals surface area contributed by atoms with Gasteiger partial charge in [0.25, 0.3) is 5.91 Å². The monoisotopic (exact) mass is 493 g/mol. The number of benzene rings is 2. The van der Waals surface area contributed by atoms with Crippen molar-refractivity contribution in [1.29, 1.82) is 0 Å². The Hall–Kier alpha value is -2.52. The van der Waals surface area contributed by atoms with E-state index in [1.165, 1.54) is 0 Å². The Morgan fingerprint density at radius 1 is 1.13 bits per heavy atom. The van der Waals surface area contributed by atoms with Gasteiger partial charge in [-0.15, -0.1) is 0 Å². The molecule has 0 saturated carbocycles. The Kier molecular flexibility index (Phi) is 9.69. The van der Waals surface area contributed by atoms with Crippen LogP contribution < -0.4 is 21.1 Å². The van der Waals surface area contributed by atoms with Gasteiger partial charge in [-0.2, -0.15) is 11.8 Å². The molecule has 1 atom stereocenters. The van der Waals surface area contributed by atoms with Crippen molar-refractivity contribution >= 4 is 51.1 Å². The summed E-state index contributed by atoms with van der Waals surface area (Å²) in [4.78, 5) is 36.1. The van der Waals surface area contributed by atoms with Crippen LogP contribution in [0.2, 0.25) is 0 Å². The highest BCUT2D eigenvalue weighted by Crippen LogP contribution is 2.18. The second-order valence-electron chi connectivity index (χ2n) is 6.37. The Morgan fingerprint density at radius 2 is 1.83 bits per heavy atom. The van der Waals surface area contributed by atoms with E-state index in [9.17, 15) is 14.4 Å². The molecule has 2 rings (SSSR count). The Bertz CT molecular complexity index is 877. The van der Waals surface area contributed by atoms with Crippen molar-refractivity contribution in [3.8, 4) is 5.75 Å². The summed E-state index contributed by atoms with van der Waals surface area (Å²) in [5.74, 6) is 0.241. The van der Waals surface area contributed by atoms with Gasteiger partial charge in [0.2, 0.25) is 11.8 Å². The molecule has 7 nitrogen and oxygen atoms in total. The summed E-state index contributed by atoms with van der Waals surface area (Å²) in [7, 11) is 0. The van der Waals surface area contributed by atoms with Gasteiger partial charge in [0.1, 0.15) is 11.8 Å². The first-order valence-electron chi connectivity index (χ1n) is 9.27. The van der Waals surface area contributed by atoms with Crippen LogP contribution in [-0.4, -0.2) is 42.4 Å². The van der Waals surface area contributed by atoms with Crippen molar-refractivity contribution in [3.05, 3.63) is 58.6 Å². The van der Waals surface area contributed by atoms with Gasteiger partial charge in [-0.25, -0.2) is 0 Å². The molecule has 1 unspecified atom stereocenters. The summed E-state index contributed by atoms with van der Waals surface area (Å²) in [6.07, 6.45) is 2.58. The standard InChI is InChI=1S/C21H24BrN3O4S/c1-30-13-11-18(25-20(27)16-4-2-3-5-17(16)22)21(28)24-14-6-8-15(9-7-14)29-12-10-19(23)26/h2-9,18H,10-13H2,1H3,(H2,23,26)(H,24,28)(H,25,27). The maximum Gasteiger partial charge on any atom is 0.253 e. The third kappa shape index (κ3) is 7.72. The lowest BCUT2D eigenvalue weighted by Gasteiger charge is -2.19. The zero-order valence-corrected chi connectivity index (χ0v) is 18.9. The molecule has 30 heavy (non-hydrogen) atoms. The molecule has 4 N–H and O–H groups in total. The number of carbonyl (C=O) groups is 3. The molecule has 0 spiro atoms. The van der Waals surface area contributed by atoms with Gasteiger partial charge in [-0.3, -0.25) is 14.4 Å². The normalized spacial score (nSPS) is 11.4. The molecule has 0 fully saturated rings. The van der Waals surface area contributed by atoms with Gasteiger partial charge < -0.3 is 21.1 Å². The number of hydrogen-bond donors (Lipinski definition) is 3. The highest BCUT2D eigenvalue weighted by Gasteiger charge is 2.22. The van der Waals surface area contributed by atoms with E-state index in [2.05, 4.69) is 26.6 Å². The van der Waals surface area contributed by atoms with Crippen LogP contribution in [0.4, 0.5) is 5.69 Å². The van der Waals surface area contributed by atoms with Crippen molar-refractivity contribution in [1.82, 2.24) is 5.32 Å². The summed E-state index contributed by atoms with van der Waals surface area (Å²) in [5, 5.41) is 5.64. The van der Waals surface area contributed by atoms with Crippen LogP contribution in [0.25, 0.3) is 0 Å². The average Bonchev–Trinajstić information content (AvgIpc) is 2.72. The summed E-state index contributed by atoms with van der Waals surface area (Å²) in [6.45, 7) is 0.193. The van der Waals surface area contributed by atoms with E-state index >= 15 is 0 Å². The van der Waals surface area contributed by atoms with E-state index in [1.807, 2.05) is 12.3 Å². The fraction of sp³-hybridized carbons (Fsp3) is 0.286. The fourth-order valence-electron chi connectivity index (χ4n) is 2.52. The van der Waals surface area contributed by atoms with Crippen LogP contribution in [0.15, 0.2) is 53.0 Å². The molecule has 0 aromatic heterocycles. The maximum absolute atomic E-state index is 12.8. The third-order valence-corrected chi connectivity index (χ3v) is 5.43. The molecule has 0 heterocycles. The molecule has 0 aliphatic heterocycles. The number of ether oxygens (including phenoxy) is 1. The number of amides is 3. The maximum atomic E-state index is 12.8. The smallest absolute Gasteiger partial charge is 0.253 e. The SMILES string of the molecule is CSCCC(NC(=O)c1ccccc1Br)C(=O)Nc1ccc(OCCC(N)=O)cc1. The zero-order valence-electron chi connectivity index (χ0n) is 16.5. The van der Waals surface area contributed by atoms with E-state index in [4.69, 9.17) is 10.5 Å². The highest BCUT2D eigenvalue weighted by atomic mass is 79.9. The van der Waals surface area contributed by atoms with Gasteiger partial charge in [0, 0.05) is 10.2 Å². The lowest BCUT2D eigenvalue weighted by atomic mass is 10.1. The molecule has 2 aromatic carbocycles. The van der Waals surface area contributed by atoms with Crippen LogP contribution in [0, 0.1) is 0 Å². The second-order valence-corrected chi connectivity index (χ2v) is 8.21. The Morgan fingerprint density at radius 3 is 2.47 bits per heavy atom. The van der Waals surface area contributed by atoms with E-state index < -0.39 is 11.9 Å². The predicted molar refractivity (Wildman–Crippen MR) is 123 cm³/mol. The number of halogens is 1. The Labute approximate surface area is 188 Å². The molecular formula is C21H24BrN3O4S. The first-order valence-corrected chi connectivity index (χ1v) is 11.5. The highest BCUT2D eigenvalue weighted by molar-refractivity contribution is 9.10. The number of hydrogen-bond acceptors (Lipinski definition) is 5. The van der Waals surface area contributed by atoms with Crippen LogP contribution in [0.5, 0.6) is 5.75 Å². The van der Waals surface area contributed by atoms with Gasteiger partial charge in [0.15, 0.2) is 0 Å². The van der Waals surface area contributed by atoms with Crippen molar-refractivity contribution in [2.45, 2.75) is 18.9 Å². The number of nitrogens with one attached hydrogen (secondary N) is 2. The van der Waals surface area contributed by atoms with Crippen molar-refractivity contribution < 1.29 is 19.1 Å². The summed E-state index contributed by atoms with van der Waals surface area (Å²) >= 11 is 4.96. The lowest BCUT2D eigenvalue weighted by Crippen LogP contribution is -2.44. The number of rotatable bonds is 11. The van der Waals surface area contributed by atoms with Gasteiger partial charge >= 0.3 is 0 Å². The number of anilines is 1. The predicted octanol–water partition coefficient (Wildman–Crippen LogP) is 3.19. The third-order valence-electron chi connectivity index (χ3n) is 4.09. The Balaban J connectivity index is 1.99. The summed E-state index contributed by atoms with van der Waals surface area (Å²) in [5.41, 5.74) is 6.12. The molecule has 3 amide bonds. The largest absolute Gasteiger partial charge is 0.493 e. The molecule has 0 bridgehead atoms. The van der Waals surface area contributed by atoms with Crippen molar-refractivity contribution in [2.75, 3.05) is 23.9 Å². The lowest BCUT2D eigenvalue weighted by molar-refractivity contribution is -0.119. The summed E-state index contributed by atoms with van der Waals surface area (Å²) in [6, 6.07) is 13.1. The van der Waals surface area contributed by atoms with E-state index in [1.54, 1.807) is 54.2 Å². The van der Waals surface area contributed by atoms with Crippen molar-refractivity contribution in [2.24, 2.45) is 5.73 Å². The second kappa shape index (κ2) is 12.2. The molecule has 2 aromatic rings. The minimum atomic E-state index is -0.677. The topological polar surface area (TPSA) is 111 Å². The van der Waals surface area contributed by atoms with E-state index in [-0.39, 0.29) is 24.8 Å². The number of primary amides is 1. The molecular weight excluding hydrogens is 470 g/mol. The first-order chi connectivity index (χ1) is 14.4. The van der Waals surface area contributed by atoms with Crippen LogP contribution in [-0.2, 0) is 9.59 Å². The minimum absolute atomic E-state index is 0.132. The van der Waals surface area contributed by atoms with Crippen LogP contribution >= 0.6 is 27.7 Å². The molecule has 9 heteroatoms. The number of nitrogens with two attached hydrogens (primary N) is 1. The van der Waals surface area contributed by atoms with E-state index in [0.29, 0.717) is 27.9 Å². The molecule has 160 valence electrons. The fourth-order valence-corrected chi connectivity index (χ4v) is 3.46. The molecule has 0 aliphatic carbocycles. The molecule has 0 radical (unpaired) electrons. The van der Waals surface area contributed by atoms with Gasteiger partial charge in [0.05, 0.1) is 18.6 Å². The van der Waals surface area contributed by atoms with Crippen LogP contribution in [0.3, 0.4) is 0 Å². The zero-order chi connectivity index (χ0) is 21.9. The molecule has 0 saturated heterocycles. The quantitative estimate of drug-likeness (QED) is 0.445. The van der Waals surface area contributed by atoms with Crippen molar-refractivity contribution in [3.63, 3.8) is 0 Å². The van der Waals surface area contributed by atoms with Gasteiger partial charge in [-0.1, -0.05) is 12.1 Å². The van der Waals surface area contributed by atoms with Gasteiger partial charge in [-0.05, 0) is 70.8 Å². The van der Waals surface area contributed by atoms with Crippen LogP contribution in [0.1, 0.15) is 23.2 Å². The minimum Gasteiger partial charge on any atom is -0.493 e. The number of carbonyl (C=O) groups excluding carboxylic acids is 3. The first kappa shape index (κ1) is 23.8. The average molecular weight is 494 g/mol. The molecule has 0 aliphatic rings. The van der Waals surface area contributed by atoms with E-state index in [0.717, 1.165) is 5.75 Å².